The molecular weight excluding hydrogens is 594 g/mol. The fourth-order valence-corrected chi connectivity index (χ4v) is 3.45. The summed E-state index contributed by atoms with van der Waals surface area (Å²) in [5, 5.41) is 0. The molecule has 15 nitrogen and oxygen atoms in total. The van der Waals surface area contributed by atoms with Crippen molar-refractivity contribution in [1.82, 2.24) is 15.0 Å². The minimum Gasteiger partial charge on any atom is -0.463 e. The number of aryl methyl sites for hydroxylation is 3. The molecule has 0 radical (unpaired) electrons. The molecule has 15 heteroatoms. The quantitative estimate of drug-likeness (QED) is 0.147. The van der Waals surface area contributed by atoms with E-state index in [2.05, 4.69) is 43.4 Å². The van der Waals surface area contributed by atoms with Crippen LogP contribution in [0, 0.1) is 20.8 Å². The number of aromatic nitrogens is 3. The van der Waals surface area contributed by atoms with Gasteiger partial charge in [-0.15, -0.1) is 0 Å². The fraction of sp³-hybridized carbons (Fsp3) is 0.300. The molecule has 240 valence electrons. The van der Waals surface area contributed by atoms with Gasteiger partial charge in [0.05, 0.1) is 17.1 Å². The topological polar surface area (TPSA) is 196 Å². The highest BCUT2D eigenvalue weighted by Crippen LogP contribution is 2.12. The molecule has 0 atom stereocenters. The lowest BCUT2D eigenvalue weighted by molar-refractivity contribution is -0.131. The number of carbonyl (C=O) groups excluding carboxylic acids is 6. The van der Waals surface area contributed by atoms with E-state index in [0.29, 0.717) is 55.9 Å². The van der Waals surface area contributed by atoms with Crippen LogP contribution in [0.15, 0.2) is 36.8 Å². The summed E-state index contributed by atoms with van der Waals surface area (Å²) in [6, 6.07) is 5.50. The molecular formula is C30H33N3O12. The summed E-state index contributed by atoms with van der Waals surface area (Å²) in [6.07, 6.45) is 4.98. The minimum atomic E-state index is 0.0847. The predicted octanol–water partition coefficient (Wildman–Crippen LogP) is 2.21. The molecule has 0 aliphatic carbocycles. The van der Waals surface area contributed by atoms with E-state index < -0.39 is 0 Å². The number of hydrogen-bond donors (Lipinski definition) is 0. The molecule has 0 spiro atoms. The third kappa shape index (κ3) is 15.3. The second-order valence-electron chi connectivity index (χ2n) is 8.80. The van der Waals surface area contributed by atoms with Crippen molar-refractivity contribution in [2.75, 3.05) is 0 Å². The number of carbonyl (C=O) groups is 6. The van der Waals surface area contributed by atoms with Crippen LogP contribution in [0.1, 0.15) is 50.5 Å². The molecule has 3 heterocycles. The van der Waals surface area contributed by atoms with E-state index in [-0.39, 0.29) is 39.6 Å². The number of nitrogens with zero attached hydrogens (tertiary/aromatic N) is 3. The zero-order valence-electron chi connectivity index (χ0n) is 24.9. The first-order valence-corrected chi connectivity index (χ1v) is 13.0. The number of ether oxygens (including phenoxy) is 6. The van der Waals surface area contributed by atoms with Crippen molar-refractivity contribution in [3.8, 4) is 0 Å². The van der Waals surface area contributed by atoms with Gasteiger partial charge in [-0.25, -0.2) is 0 Å². The van der Waals surface area contributed by atoms with Crippen molar-refractivity contribution in [3.63, 3.8) is 0 Å². The average Bonchev–Trinajstić information content (AvgIpc) is 3.04. The standard InChI is InChI=1S/3C10H11NO4/c3*1-8-2-9(4-14-6-12)10(11-3-8)5-15-7-13/h3*2-3,6-7H,4-5H2,1H3. The van der Waals surface area contributed by atoms with Crippen LogP contribution >= 0.6 is 0 Å². The van der Waals surface area contributed by atoms with Gasteiger partial charge < -0.3 is 28.4 Å². The minimum absolute atomic E-state index is 0.0847. The second kappa shape index (κ2) is 22.8. The summed E-state index contributed by atoms with van der Waals surface area (Å²) in [4.78, 5) is 72.5. The number of hydrogen-bond acceptors (Lipinski definition) is 15. The van der Waals surface area contributed by atoms with Crippen LogP contribution in [-0.4, -0.2) is 53.8 Å². The van der Waals surface area contributed by atoms with Gasteiger partial charge in [-0.1, -0.05) is 0 Å². The lowest BCUT2D eigenvalue weighted by Gasteiger charge is -2.07. The zero-order chi connectivity index (χ0) is 33.3. The highest BCUT2D eigenvalue weighted by Gasteiger charge is 2.07. The summed E-state index contributed by atoms with van der Waals surface area (Å²) in [7, 11) is 0. The normalized spacial score (nSPS) is 9.40. The van der Waals surface area contributed by atoms with Gasteiger partial charge in [0.1, 0.15) is 39.6 Å². The summed E-state index contributed by atoms with van der Waals surface area (Å²) >= 11 is 0. The van der Waals surface area contributed by atoms with Crippen molar-refractivity contribution < 1.29 is 57.2 Å². The van der Waals surface area contributed by atoms with Crippen molar-refractivity contribution in [2.45, 2.75) is 60.4 Å². The van der Waals surface area contributed by atoms with Crippen molar-refractivity contribution in [1.29, 1.82) is 0 Å². The van der Waals surface area contributed by atoms with E-state index in [1.807, 2.05) is 39.0 Å². The molecule has 0 amide bonds. The van der Waals surface area contributed by atoms with E-state index in [0.717, 1.165) is 33.4 Å². The molecule has 0 saturated carbocycles. The summed E-state index contributed by atoms with van der Waals surface area (Å²) < 4.78 is 27.7. The predicted molar refractivity (Wildman–Crippen MR) is 152 cm³/mol. The summed E-state index contributed by atoms with van der Waals surface area (Å²) in [5.41, 5.74) is 6.86. The Morgan fingerprint density at radius 2 is 0.644 bits per heavy atom. The molecule has 0 bridgehead atoms. The van der Waals surface area contributed by atoms with Gasteiger partial charge in [0.2, 0.25) is 0 Å². The Morgan fingerprint density at radius 3 is 0.867 bits per heavy atom. The highest BCUT2D eigenvalue weighted by atomic mass is 16.5. The molecule has 0 unspecified atom stereocenters. The molecule has 0 aliphatic rings. The lowest BCUT2D eigenvalue weighted by atomic mass is 10.1. The van der Waals surface area contributed by atoms with Crippen molar-refractivity contribution >= 4 is 38.8 Å². The Balaban J connectivity index is 0.000000337. The number of pyridine rings is 3. The Labute approximate surface area is 258 Å². The monoisotopic (exact) mass is 627 g/mol. The fourth-order valence-electron chi connectivity index (χ4n) is 3.45. The molecule has 0 N–H and O–H groups in total. The zero-order valence-corrected chi connectivity index (χ0v) is 24.9. The largest absolute Gasteiger partial charge is 0.463 e. The van der Waals surface area contributed by atoms with E-state index in [9.17, 15) is 28.8 Å². The first kappa shape index (κ1) is 37.3. The molecule has 0 aliphatic heterocycles. The van der Waals surface area contributed by atoms with Gasteiger partial charge in [-0.05, 0) is 55.7 Å². The van der Waals surface area contributed by atoms with Crippen molar-refractivity contribution in [3.05, 3.63) is 87.3 Å². The van der Waals surface area contributed by atoms with Crippen LogP contribution in [-0.2, 0) is 96.8 Å². The Hall–Kier alpha value is -5.73. The molecule has 0 aromatic carbocycles. The van der Waals surface area contributed by atoms with Crippen LogP contribution in [0.25, 0.3) is 0 Å². The molecule has 3 aromatic heterocycles. The van der Waals surface area contributed by atoms with Crippen molar-refractivity contribution in [2.24, 2.45) is 0 Å². The van der Waals surface area contributed by atoms with Gasteiger partial charge >= 0.3 is 0 Å². The van der Waals surface area contributed by atoms with E-state index in [1.165, 1.54) is 0 Å². The smallest absolute Gasteiger partial charge is 0.293 e. The molecule has 0 fully saturated rings. The van der Waals surface area contributed by atoms with Crippen LogP contribution < -0.4 is 0 Å². The average molecular weight is 628 g/mol. The number of rotatable bonds is 18. The SMILES string of the molecule is Cc1cnc(COC=O)c(COC=O)c1.Cc1cnc(COC=O)c(COC=O)c1.Cc1cnc(COC=O)c(COC=O)c1. The Kier molecular flexibility index (Phi) is 18.9. The Morgan fingerprint density at radius 1 is 0.422 bits per heavy atom. The first-order chi connectivity index (χ1) is 21.8. The third-order valence-electron chi connectivity index (χ3n) is 5.37. The van der Waals surface area contributed by atoms with Crippen LogP contribution in [0.5, 0.6) is 0 Å². The van der Waals surface area contributed by atoms with E-state index in [1.54, 1.807) is 18.6 Å². The second-order valence-corrected chi connectivity index (χ2v) is 8.80. The van der Waals surface area contributed by atoms with Crippen LogP contribution in [0.2, 0.25) is 0 Å². The molecule has 45 heavy (non-hydrogen) atoms. The van der Waals surface area contributed by atoms with Gasteiger partial charge in [-0.2, -0.15) is 0 Å². The summed E-state index contributed by atoms with van der Waals surface area (Å²) in [6.45, 7) is 8.45. The van der Waals surface area contributed by atoms with Gasteiger partial charge in [0.15, 0.2) is 0 Å². The molecule has 3 aromatic rings. The first-order valence-electron chi connectivity index (χ1n) is 13.0. The maximum absolute atomic E-state index is 10.1. The maximum Gasteiger partial charge on any atom is 0.293 e. The summed E-state index contributed by atoms with van der Waals surface area (Å²) in [5.74, 6) is 0. The van der Waals surface area contributed by atoms with Crippen LogP contribution in [0.4, 0.5) is 0 Å². The van der Waals surface area contributed by atoms with Crippen LogP contribution in [0.3, 0.4) is 0 Å². The maximum atomic E-state index is 10.1. The lowest BCUT2D eigenvalue weighted by Crippen LogP contribution is -2.02. The highest BCUT2D eigenvalue weighted by molar-refractivity contribution is 5.40. The van der Waals surface area contributed by atoms with E-state index in [4.69, 9.17) is 0 Å². The molecule has 3 rings (SSSR count). The Bertz CT molecular complexity index is 1220. The van der Waals surface area contributed by atoms with Gasteiger partial charge in [0, 0.05) is 35.3 Å². The third-order valence-corrected chi connectivity index (χ3v) is 5.37. The van der Waals surface area contributed by atoms with E-state index >= 15 is 0 Å². The van der Waals surface area contributed by atoms with Gasteiger partial charge in [-0.3, -0.25) is 43.7 Å². The van der Waals surface area contributed by atoms with Gasteiger partial charge in [0.25, 0.3) is 38.8 Å². The molecule has 0 saturated heterocycles.